The van der Waals surface area contributed by atoms with Gasteiger partial charge in [0.05, 0.1) is 24.8 Å². The molecule has 1 atom stereocenters. The molecule has 220 valence electrons. The van der Waals surface area contributed by atoms with Crippen molar-refractivity contribution in [1.82, 2.24) is 10.2 Å². The van der Waals surface area contributed by atoms with E-state index in [4.69, 9.17) is 9.47 Å². The second kappa shape index (κ2) is 14.5. The van der Waals surface area contributed by atoms with Gasteiger partial charge in [0.15, 0.2) is 11.5 Å². The first kappa shape index (κ1) is 31.5. The standard InChI is InChI=1S/C31H39N3O6S/c1-6-19-32-31(36)27(7-2)33(21-24-11-9-8-10-12-24)30(35)22-34(25-15-13-23(3)14-16-25)41(37,38)26-17-18-28(39-4)29(20-26)40-5/h8-18,20,27H,6-7,19,21-22H2,1-5H3,(H,32,36)/t27-/m1/s1. The molecule has 0 spiro atoms. The van der Waals surface area contributed by atoms with E-state index >= 15 is 0 Å². The van der Waals surface area contributed by atoms with Gasteiger partial charge >= 0.3 is 0 Å². The fourth-order valence-corrected chi connectivity index (χ4v) is 5.84. The molecule has 0 heterocycles. The molecule has 3 aromatic carbocycles. The lowest BCUT2D eigenvalue weighted by molar-refractivity contribution is -0.140. The molecular weight excluding hydrogens is 542 g/mol. The number of nitrogens with one attached hydrogen (secondary N) is 1. The van der Waals surface area contributed by atoms with Gasteiger partial charge in [-0.05, 0) is 49.6 Å². The molecule has 0 saturated carbocycles. The van der Waals surface area contributed by atoms with E-state index in [1.807, 2.05) is 51.1 Å². The topological polar surface area (TPSA) is 105 Å². The van der Waals surface area contributed by atoms with Gasteiger partial charge in [-0.25, -0.2) is 8.42 Å². The number of carbonyl (C=O) groups excluding carboxylic acids is 2. The fourth-order valence-electron chi connectivity index (χ4n) is 4.41. The SMILES string of the molecule is CCCNC(=O)[C@@H](CC)N(Cc1ccccc1)C(=O)CN(c1ccc(C)cc1)S(=O)(=O)c1ccc(OC)c(OC)c1. The highest BCUT2D eigenvalue weighted by Crippen LogP contribution is 2.32. The first-order valence-electron chi connectivity index (χ1n) is 13.6. The van der Waals surface area contributed by atoms with Crippen LogP contribution in [0.15, 0.2) is 77.7 Å². The molecule has 3 aromatic rings. The van der Waals surface area contributed by atoms with Gasteiger partial charge in [0, 0.05) is 19.2 Å². The number of nitrogens with zero attached hydrogens (tertiary/aromatic N) is 2. The number of sulfonamides is 1. The Morgan fingerprint density at radius 2 is 1.56 bits per heavy atom. The summed E-state index contributed by atoms with van der Waals surface area (Å²) in [6.45, 7) is 5.79. The van der Waals surface area contributed by atoms with Gasteiger partial charge < -0.3 is 19.7 Å². The highest BCUT2D eigenvalue weighted by atomic mass is 32.2. The van der Waals surface area contributed by atoms with Crippen LogP contribution in [-0.4, -0.2) is 58.5 Å². The lowest BCUT2D eigenvalue weighted by Gasteiger charge is -2.33. The van der Waals surface area contributed by atoms with Crippen LogP contribution in [0.3, 0.4) is 0 Å². The van der Waals surface area contributed by atoms with Crippen molar-refractivity contribution in [3.05, 3.63) is 83.9 Å². The van der Waals surface area contributed by atoms with Crippen LogP contribution < -0.4 is 19.1 Å². The molecule has 0 fully saturated rings. The normalized spacial score (nSPS) is 11.8. The van der Waals surface area contributed by atoms with Gasteiger partial charge in [0.25, 0.3) is 10.0 Å². The van der Waals surface area contributed by atoms with E-state index in [-0.39, 0.29) is 23.1 Å². The molecule has 0 aliphatic heterocycles. The summed E-state index contributed by atoms with van der Waals surface area (Å²) >= 11 is 0. The van der Waals surface area contributed by atoms with E-state index < -0.39 is 28.5 Å². The smallest absolute Gasteiger partial charge is 0.264 e. The lowest BCUT2D eigenvalue weighted by atomic mass is 10.1. The molecule has 0 radical (unpaired) electrons. The molecule has 41 heavy (non-hydrogen) atoms. The highest BCUT2D eigenvalue weighted by Gasteiger charge is 2.34. The molecule has 0 aromatic heterocycles. The second-order valence-electron chi connectivity index (χ2n) is 9.59. The number of hydrogen-bond donors (Lipinski definition) is 1. The Morgan fingerprint density at radius 3 is 2.15 bits per heavy atom. The van der Waals surface area contributed by atoms with Crippen LogP contribution in [0.25, 0.3) is 0 Å². The van der Waals surface area contributed by atoms with Gasteiger partial charge in [0.1, 0.15) is 12.6 Å². The molecule has 0 aliphatic carbocycles. The molecule has 1 N–H and O–H groups in total. The first-order chi connectivity index (χ1) is 19.7. The van der Waals surface area contributed by atoms with E-state index in [1.165, 1.54) is 37.3 Å². The Balaban J connectivity index is 2.07. The quantitative estimate of drug-likeness (QED) is 0.300. The monoisotopic (exact) mass is 581 g/mol. The van der Waals surface area contributed by atoms with Crippen molar-refractivity contribution < 1.29 is 27.5 Å². The molecule has 0 saturated heterocycles. The summed E-state index contributed by atoms with van der Waals surface area (Å²) in [5, 5.41) is 2.88. The zero-order valence-corrected chi connectivity index (χ0v) is 25.1. The molecule has 10 heteroatoms. The maximum absolute atomic E-state index is 14.1. The van der Waals surface area contributed by atoms with Crippen molar-refractivity contribution in [2.45, 2.75) is 51.1 Å². The molecule has 9 nitrogen and oxygen atoms in total. The number of aryl methyl sites for hydroxylation is 1. The van der Waals surface area contributed by atoms with Crippen LogP contribution in [0.5, 0.6) is 11.5 Å². The van der Waals surface area contributed by atoms with E-state index in [9.17, 15) is 18.0 Å². The zero-order valence-electron chi connectivity index (χ0n) is 24.3. The number of anilines is 1. The minimum absolute atomic E-state index is 0.0640. The lowest BCUT2D eigenvalue weighted by Crippen LogP contribution is -2.52. The predicted octanol–water partition coefficient (Wildman–Crippen LogP) is 4.54. The number of rotatable bonds is 14. The third-order valence-corrected chi connectivity index (χ3v) is 8.44. The molecule has 0 bridgehead atoms. The van der Waals surface area contributed by atoms with Gasteiger partial charge in [-0.1, -0.05) is 61.9 Å². The average molecular weight is 582 g/mol. The summed E-state index contributed by atoms with van der Waals surface area (Å²) in [6, 6.07) is 19.7. The van der Waals surface area contributed by atoms with Crippen LogP contribution in [0.1, 0.15) is 37.8 Å². The number of ether oxygens (including phenoxy) is 2. The van der Waals surface area contributed by atoms with Crippen molar-refractivity contribution in [3.8, 4) is 11.5 Å². The summed E-state index contributed by atoms with van der Waals surface area (Å²) in [5.74, 6) is -0.157. The van der Waals surface area contributed by atoms with Crippen LogP contribution >= 0.6 is 0 Å². The maximum Gasteiger partial charge on any atom is 0.264 e. The van der Waals surface area contributed by atoms with Crippen LogP contribution in [0, 0.1) is 6.92 Å². The van der Waals surface area contributed by atoms with Gasteiger partial charge in [-0.2, -0.15) is 0 Å². The van der Waals surface area contributed by atoms with Gasteiger partial charge in [0.2, 0.25) is 11.8 Å². The summed E-state index contributed by atoms with van der Waals surface area (Å²) in [6.07, 6.45) is 1.11. The zero-order chi connectivity index (χ0) is 30.0. The third kappa shape index (κ3) is 7.79. The van der Waals surface area contributed by atoms with E-state index in [0.29, 0.717) is 24.4 Å². The molecular formula is C31H39N3O6S. The van der Waals surface area contributed by atoms with E-state index in [1.54, 1.807) is 24.3 Å². The van der Waals surface area contributed by atoms with E-state index in [0.717, 1.165) is 21.9 Å². The Labute approximate surface area is 243 Å². The van der Waals surface area contributed by atoms with Crippen molar-refractivity contribution in [2.75, 3.05) is 31.6 Å². The number of hydrogen-bond acceptors (Lipinski definition) is 6. The first-order valence-corrected chi connectivity index (χ1v) is 15.0. The minimum atomic E-state index is -4.24. The summed E-state index contributed by atoms with van der Waals surface area (Å²) in [5.41, 5.74) is 2.09. The Morgan fingerprint density at radius 1 is 0.902 bits per heavy atom. The molecule has 3 rings (SSSR count). The number of methoxy groups -OCH3 is 2. The highest BCUT2D eigenvalue weighted by molar-refractivity contribution is 7.92. The number of amides is 2. The summed E-state index contributed by atoms with van der Waals surface area (Å²) < 4.78 is 39.9. The average Bonchev–Trinajstić information content (AvgIpc) is 2.99. The Hall–Kier alpha value is -4.05. The van der Waals surface area contributed by atoms with Crippen molar-refractivity contribution in [1.29, 1.82) is 0 Å². The van der Waals surface area contributed by atoms with Crippen LogP contribution in [0.2, 0.25) is 0 Å². The largest absolute Gasteiger partial charge is 0.493 e. The van der Waals surface area contributed by atoms with Crippen molar-refractivity contribution >= 4 is 27.5 Å². The summed E-state index contributed by atoms with van der Waals surface area (Å²) in [4.78, 5) is 28.6. The van der Waals surface area contributed by atoms with Crippen molar-refractivity contribution in [3.63, 3.8) is 0 Å². The summed E-state index contributed by atoms with van der Waals surface area (Å²) in [7, 11) is -1.36. The molecule has 0 aliphatic rings. The fraction of sp³-hybridized carbons (Fsp3) is 0.355. The van der Waals surface area contributed by atoms with Gasteiger partial charge in [-0.15, -0.1) is 0 Å². The van der Waals surface area contributed by atoms with Crippen molar-refractivity contribution in [2.24, 2.45) is 0 Å². The van der Waals surface area contributed by atoms with Crippen LogP contribution in [-0.2, 0) is 26.2 Å². The Kier molecular flexibility index (Phi) is 11.2. The number of benzene rings is 3. The molecule has 2 amide bonds. The predicted molar refractivity (Wildman–Crippen MR) is 160 cm³/mol. The third-order valence-electron chi connectivity index (χ3n) is 6.67. The second-order valence-corrected chi connectivity index (χ2v) is 11.4. The molecule has 0 unspecified atom stereocenters. The Bertz CT molecular complexity index is 1410. The number of carbonyl (C=O) groups is 2. The minimum Gasteiger partial charge on any atom is -0.493 e. The van der Waals surface area contributed by atoms with Crippen LogP contribution in [0.4, 0.5) is 5.69 Å². The maximum atomic E-state index is 14.1. The van der Waals surface area contributed by atoms with Gasteiger partial charge in [-0.3, -0.25) is 13.9 Å². The van der Waals surface area contributed by atoms with E-state index in [2.05, 4.69) is 5.32 Å².